The lowest BCUT2D eigenvalue weighted by molar-refractivity contribution is 0.294. The molecule has 0 aliphatic carbocycles. The molecule has 2 rings (SSSR count). The van der Waals surface area contributed by atoms with Gasteiger partial charge in [0.25, 0.3) is 0 Å². The van der Waals surface area contributed by atoms with Gasteiger partial charge in [0.15, 0.2) is 5.16 Å². The smallest absolute Gasteiger partial charge is 0.195 e. The first-order chi connectivity index (χ1) is 9.86. The molecule has 0 aliphatic heterocycles. The number of hydrogen-bond acceptors (Lipinski definition) is 6. The lowest BCUT2D eigenvalue weighted by Gasteiger charge is -2.10. The number of nitrogens with zero attached hydrogens (tertiary/aromatic N) is 3. The maximum Gasteiger partial charge on any atom is 0.195 e. The molecule has 7 heteroatoms. The molecular formula is C13H18N4O2S. The van der Waals surface area contributed by atoms with Crippen molar-refractivity contribution in [3.05, 3.63) is 30.6 Å². The SMILES string of the molecule is COc1ccccc1-n1cnnc1SCCNCCO. The number of aliphatic hydroxyl groups is 1. The molecule has 0 saturated heterocycles. The van der Waals surface area contributed by atoms with Crippen LogP contribution in [-0.4, -0.2) is 52.4 Å². The molecule has 108 valence electrons. The van der Waals surface area contributed by atoms with Crippen LogP contribution in [0.1, 0.15) is 0 Å². The zero-order valence-electron chi connectivity index (χ0n) is 11.3. The summed E-state index contributed by atoms with van der Waals surface area (Å²) >= 11 is 1.61. The van der Waals surface area contributed by atoms with Crippen LogP contribution in [0.15, 0.2) is 35.7 Å². The Kier molecular flexibility index (Phi) is 5.85. The molecule has 1 heterocycles. The van der Waals surface area contributed by atoms with Gasteiger partial charge in [-0.15, -0.1) is 10.2 Å². The van der Waals surface area contributed by atoms with Crippen LogP contribution in [0.25, 0.3) is 5.69 Å². The van der Waals surface area contributed by atoms with Crippen LogP contribution in [-0.2, 0) is 0 Å². The molecule has 0 fully saturated rings. The number of benzene rings is 1. The number of rotatable bonds is 8. The maximum atomic E-state index is 8.69. The molecule has 0 spiro atoms. The number of aromatic nitrogens is 3. The van der Waals surface area contributed by atoms with Gasteiger partial charge in [-0.1, -0.05) is 23.9 Å². The lowest BCUT2D eigenvalue weighted by atomic mass is 10.3. The number of methoxy groups -OCH3 is 1. The lowest BCUT2D eigenvalue weighted by Crippen LogP contribution is -2.20. The average Bonchev–Trinajstić information content (AvgIpc) is 2.95. The zero-order chi connectivity index (χ0) is 14.2. The predicted octanol–water partition coefficient (Wildman–Crippen LogP) is 0.950. The Morgan fingerprint density at radius 2 is 2.20 bits per heavy atom. The van der Waals surface area contributed by atoms with Gasteiger partial charge >= 0.3 is 0 Å². The minimum Gasteiger partial charge on any atom is -0.495 e. The van der Waals surface area contributed by atoms with Crippen molar-refractivity contribution in [1.29, 1.82) is 0 Å². The van der Waals surface area contributed by atoms with Crippen LogP contribution in [0.2, 0.25) is 0 Å². The van der Waals surface area contributed by atoms with E-state index in [0.717, 1.165) is 28.9 Å². The van der Waals surface area contributed by atoms with Crippen molar-refractivity contribution in [2.75, 3.05) is 32.6 Å². The highest BCUT2D eigenvalue weighted by Crippen LogP contribution is 2.26. The minimum atomic E-state index is 0.155. The third kappa shape index (κ3) is 3.72. The molecule has 0 bridgehead atoms. The molecule has 0 aliphatic rings. The number of ether oxygens (including phenoxy) is 1. The van der Waals surface area contributed by atoms with Gasteiger partial charge < -0.3 is 15.2 Å². The van der Waals surface area contributed by atoms with Gasteiger partial charge in [0.1, 0.15) is 12.1 Å². The van der Waals surface area contributed by atoms with E-state index in [9.17, 15) is 0 Å². The van der Waals surface area contributed by atoms with E-state index in [1.807, 2.05) is 28.8 Å². The highest BCUT2D eigenvalue weighted by atomic mass is 32.2. The summed E-state index contributed by atoms with van der Waals surface area (Å²) in [6.07, 6.45) is 1.68. The number of thioether (sulfide) groups is 1. The molecule has 0 amide bonds. The fraction of sp³-hybridized carbons (Fsp3) is 0.385. The molecule has 6 nitrogen and oxygen atoms in total. The molecular weight excluding hydrogens is 276 g/mol. The summed E-state index contributed by atoms with van der Waals surface area (Å²) in [4.78, 5) is 0. The van der Waals surface area contributed by atoms with E-state index < -0.39 is 0 Å². The largest absolute Gasteiger partial charge is 0.495 e. The molecule has 20 heavy (non-hydrogen) atoms. The van der Waals surface area contributed by atoms with Crippen LogP contribution < -0.4 is 10.1 Å². The number of nitrogens with one attached hydrogen (secondary N) is 1. The summed E-state index contributed by atoms with van der Waals surface area (Å²) in [6, 6.07) is 7.76. The minimum absolute atomic E-state index is 0.155. The Hall–Kier alpha value is -1.57. The van der Waals surface area contributed by atoms with E-state index in [2.05, 4.69) is 15.5 Å². The highest BCUT2D eigenvalue weighted by molar-refractivity contribution is 7.99. The molecule has 2 N–H and O–H groups in total. The van der Waals surface area contributed by atoms with E-state index in [-0.39, 0.29) is 6.61 Å². The van der Waals surface area contributed by atoms with Crippen molar-refractivity contribution in [3.63, 3.8) is 0 Å². The molecule has 2 aromatic rings. The Morgan fingerprint density at radius 1 is 1.35 bits per heavy atom. The van der Waals surface area contributed by atoms with Crippen molar-refractivity contribution in [1.82, 2.24) is 20.1 Å². The third-order valence-corrected chi connectivity index (χ3v) is 3.60. The van der Waals surface area contributed by atoms with E-state index >= 15 is 0 Å². The van der Waals surface area contributed by atoms with Gasteiger partial charge in [-0.3, -0.25) is 4.57 Å². The van der Waals surface area contributed by atoms with Gasteiger partial charge in [-0.25, -0.2) is 0 Å². The Bertz CT molecular complexity index is 533. The first-order valence-corrected chi connectivity index (χ1v) is 7.33. The van der Waals surface area contributed by atoms with E-state index in [1.165, 1.54) is 0 Å². The topological polar surface area (TPSA) is 72.2 Å². The second-order valence-corrected chi connectivity index (χ2v) is 5.04. The van der Waals surface area contributed by atoms with Crippen LogP contribution in [0, 0.1) is 0 Å². The Labute approximate surface area is 122 Å². The van der Waals surface area contributed by atoms with Gasteiger partial charge in [-0.2, -0.15) is 0 Å². The zero-order valence-corrected chi connectivity index (χ0v) is 12.1. The average molecular weight is 294 g/mol. The normalized spacial score (nSPS) is 10.7. The van der Waals surface area contributed by atoms with Crippen molar-refractivity contribution in [2.45, 2.75) is 5.16 Å². The first kappa shape index (κ1) is 14.8. The highest BCUT2D eigenvalue weighted by Gasteiger charge is 2.10. The number of aliphatic hydroxyl groups excluding tert-OH is 1. The van der Waals surface area contributed by atoms with E-state index in [1.54, 1.807) is 25.2 Å². The maximum absolute atomic E-state index is 8.69. The quantitative estimate of drug-likeness (QED) is 0.558. The van der Waals surface area contributed by atoms with Gasteiger partial charge in [0.05, 0.1) is 19.4 Å². The molecule has 1 aromatic carbocycles. The van der Waals surface area contributed by atoms with Gasteiger partial charge in [0.2, 0.25) is 0 Å². The van der Waals surface area contributed by atoms with Crippen molar-refractivity contribution in [3.8, 4) is 11.4 Å². The molecule has 0 atom stereocenters. The summed E-state index contributed by atoms with van der Waals surface area (Å²) in [5, 5.41) is 20.7. The summed E-state index contributed by atoms with van der Waals surface area (Å²) in [5.74, 6) is 1.64. The van der Waals surface area contributed by atoms with Crippen LogP contribution in [0.3, 0.4) is 0 Å². The summed E-state index contributed by atoms with van der Waals surface area (Å²) in [5.41, 5.74) is 0.922. The Morgan fingerprint density at radius 3 is 3.00 bits per heavy atom. The summed E-state index contributed by atoms with van der Waals surface area (Å²) in [7, 11) is 1.65. The summed E-state index contributed by atoms with van der Waals surface area (Å²) < 4.78 is 7.27. The van der Waals surface area contributed by atoms with Crippen LogP contribution in [0.4, 0.5) is 0 Å². The first-order valence-electron chi connectivity index (χ1n) is 6.34. The molecule has 0 unspecified atom stereocenters. The molecule has 1 aromatic heterocycles. The predicted molar refractivity (Wildman–Crippen MR) is 78.6 cm³/mol. The van der Waals surface area contributed by atoms with Crippen molar-refractivity contribution >= 4 is 11.8 Å². The summed E-state index contributed by atoms with van der Waals surface area (Å²) in [6.45, 7) is 1.58. The molecule has 0 radical (unpaired) electrons. The second kappa shape index (κ2) is 7.88. The Balaban J connectivity index is 2.04. The van der Waals surface area contributed by atoms with E-state index in [0.29, 0.717) is 6.54 Å². The van der Waals surface area contributed by atoms with Gasteiger partial charge in [-0.05, 0) is 12.1 Å². The fourth-order valence-corrected chi connectivity index (χ4v) is 2.55. The second-order valence-electron chi connectivity index (χ2n) is 3.98. The van der Waals surface area contributed by atoms with Crippen LogP contribution >= 0.6 is 11.8 Å². The third-order valence-electron chi connectivity index (χ3n) is 2.66. The molecule has 0 saturated carbocycles. The number of hydrogen-bond donors (Lipinski definition) is 2. The monoisotopic (exact) mass is 294 g/mol. The van der Waals surface area contributed by atoms with E-state index in [4.69, 9.17) is 9.84 Å². The van der Waals surface area contributed by atoms with Crippen molar-refractivity contribution < 1.29 is 9.84 Å². The van der Waals surface area contributed by atoms with Crippen molar-refractivity contribution in [2.24, 2.45) is 0 Å². The number of para-hydroxylation sites is 2. The van der Waals surface area contributed by atoms with Crippen LogP contribution in [0.5, 0.6) is 5.75 Å². The fourth-order valence-electron chi connectivity index (χ4n) is 1.74. The standard InChI is InChI=1S/C13H18N4O2S/c1-19-12-5-3-2-4-11(12)17-10-15-16-13(17)20-9-7-14-6-8-18/h2-5,10,14,18H,6-9H2,1H3. The van der Waals surface area contributed by atoms with Gasteiger partial charge in [0, 0.05) is 18.8 Å².